The van der Waals surface area contributed by atoms with Crippen LogP contribution in [0.4, 0.5) is 5.69 Å². The number of carbonyl (C=O) groups excluding carboxylic acids is 2. The van der Waals surface area contributed by atoms with E-state index in [0.29, 0.717) is 28.6 Å². The molecule has 2 heterocycles. The van der Waals surface area contributed by atoms with Crippen molar-refractivity contribution in [1.82, 2.24) is 4.90 Å². The van der Waals surface area contributed by atoms with E-state index in [2.05, 4.69) is 19.2 Å². The maximum Gasteiger partial charge on any atom is 0.254 e. The molecule has 0 spiro atoms. The van der Waals surface area contributed by atoms with Crippen LogP contribution in [0.15, 0.2) is 53.9 Å². The molecule has 0 fully saturated rings. The zero-order valence-electron chi connectivity index (χ0n) is 19.1. The van der Waals surface area contributed by atoms with Gasteiger partial charge in [-0.3, -0.25) is 9.59 Å². The van der Waals surface area contributed by atoms with Gasteiger partial charge in [0.15, 0.2) is 0 Å². The number of halogens is 1. The summed E-state index contributed by atoms with van der Waals surface area (Å²) in [4.78, 5) is 30.3. The molecule has 172 valence electrons. The largest absolute Gasteiger partial charge is 0.495 e. The molecule has 0 saturated carbocycles. The van der Waals surface area contributed by atoms with E-state index in [-0.39, 0.29) is 17.7 Å². The summed E-state index contributed by atoms with van der Waals surface area (Å²) in [6.45, 7) is 6.60. The van der Waals surface area contributed by atoms with Crippen molar-refractivity contribution in [2.75, 3.05) is 19.0 Å². The molecule has 1 aliphatic rings. The maximum absolute atomic E-state index is 13.9. The summed E-state index contributed by atoms with van der Waals surface area (Å²) >= 11 is 7.82. The van der Waals surface area contributed by atoms with Crippen LogP contribution in [0.2, 0.25) is 5.02 Å². The fourth-order valence-corrected chi connectivity index (χ4v) is 5.41. The Balaban J connectivity index is 1.83. The number of ether oxygens (including phenoxy) is 1. The molecular formula is C26H27ClN2O3S. The number of hydrogen-bond acceptors (Lipinski definition) is 4. The second-order valence-electron chi connectivity index (χ2n) is 8.67. The molecule has 0 bridgehead atoms. The van der Waals surface area contributed by atoms with Gasteiger partial charge in [-0.25, -0.2) is 0 Å². The van der Waals surface area contributed by atoms with E-state index in [1.807, 2.05) is 59.7 Å². The van der Waals surface area contributed by atoms with Crippen molar-refractivity contribution in [3.8, 4) is 5.75 Å². The zero-order chi connectivity index (χ0) is 23.7. The van der Waals surface area contributed by atoms with Crippen LogP contribution in [0.1, 0.15) is 52.2 Å². The third kappa shape index (κ3) is 4.50. The second kappa shape index (κ2) is 9.57. The Hall–Kier alpha value is -2.83. The Morgan fingerprint density at radius 1 is 1.21 bits per heavy atom. The normalized spacial score (nSPS) is 17.8. The van der Waals surface area contributed by atoms with Crippen LogP contribution in [0.3, 0.4) is 0 Å². The summed E-state index contributed by atoms with van der Waals surface area (Å²) in [5, 5.41) is 5.61. The summed E-state index contributed by atoms with van der Waals surface area (Å²) in [6, 6.07) is 14.5. The van der Waals surface area contributed by atoms with Crippen molar-refractivity contribution in [2.45, 2.75) is 32.7 Å². The smallest absolute Gasteiger partial charge is 0.254 e. The van der Waals surface area contributed by atoms with Gasteiger partial charge in [0.25, 0.3) is 5.91 Å². The zero-order valence-corrected chi connectivity index (χ0v) is 20.7. The highest BCUT2D eigenvalue weighted by atomic mass is 35.5. The van der Waals surface area contributed by atoms with Gasteiger partial charge in [0.2, 0.25) is 5.91 Å². The predicted molar refractivity (Wildman–Crippen MR) is 133 cm³/mol. The number of fused-ring (bicyclic) bond motifs is 1. The van der Waals surface area contributed by atoms with Gasteiger partial charge < -0.3 is 15.0 Å². The van der Waals surface area contributed by atoms with Crippen LogP contribution in [-0.4, -0.2) is 30.4 Å². The van der Waals surface area contributed by atoms with Crippen molar-refractivity contribution >= 4 is 40.4 Å². The van der Waals surface area contributed by atoms with Gasteiger partial charge >= 0.3 is 0 Å². The summed E-state index contributed by atoms with van der Waals surface area (Å²) in [5.41, 5.74) is 2.70. The van der Waals surface area contributed by atoms with Crippen LogP contribution >= 0.6 is 22.9 Å². The summed E-state index contributed by atoms with van der Waals surface area (Å²) in [6.07, 6.45) is 0. The van der Waals surface area contributed by atoms with E-state index < -0.39 is 12.0 Å². The Kier molecular flexibility index (Phi) is 6.77. The molecule has 0 saturated heterocycles. The van der Waals surface area contributed by atoms with Crippen LogP contribution in [0, 0.1) is 12.8 Å². The topological polar surface area (TPSA) is 58.6 Å². The summed E-state index contributed by atoms with van der Waals surface area (Å²) in [5.74, 6) is -0.0592. The van der Waals surface area contributed by atoms with E-state index in [1.165, 1.54) is 0 Å². The minimum Gasteiger partial charge on any atom is -0.495 e. The minimum absolute atomic E-state index is 0.0401. The molecule has 0 aliphatic carbocycles. The van der Waals surface area contributed by atoms with Gasteiger partial charge in [-0.2, -0.15) is 0 Å². The number of hydrogen-bond donors (Lipinski definition) is 1. The first-order chi connectivity index (χ1) is 15.8. The van der Waals surface area contributed by atoms with E-state index in [4.69, 9.17) is 16.3 Å². The molecule has 2 atom stereocenters. The van der Waals surface area contributed by atoms with Gasteiger partial charge in [0.05, 0.1) is 24.8 Å². The van der Waals surface area contributed by atoms with Crippen LogP contribution in [-0.2, 0) is 4.79 Å². The first-order valence-corrected chi connectivity index (χ1v) is 12.2. The molecule has 1 aliphatic heterocycles. The first-order valence-electron chi connectivity index (χ1n) is 10.9. The fourth-order valence-electron chi connectivity index (χ4n) is 4.39. The minimum atomic E-state index is -0.572. The highest BCUT2D eigenvalue weighted by molar-refractivity contribution is 7.10. The van der Waals surface area contributed by atoms with Gasteiger partial charge in [0, 0.05) is 28.1 Å². The van der Waals surface area contributed by atoms with Crippen molar-refractivity contribution in [3.63, 3.8) is 0 Å². The fraction of sp³-hybridized carbons (Fsp3) is 0.308. The number of amides is 2. The number of nitrogens with zero attached hydrogens (tertiary/aromatic N) is 1. The number of thiophene rings is 1. The molecule has 4 rings (SSSR count). The maximum atomic E-state index is 13.9. The Morgan fingerprint density at radius 3 is 2.64 bits per heavy atom. The summed E-state index contributed by atoms with van der Waals surface area (Å²) in [7, 11) is 1.55. The molecule has 7 heteroatoms. The quantitative estimate of drug-likeness (QED) is 0.449. The van der Waals surface area contributed by atoms with Crippen molar-refractivity contribution < 1.29 is 14.3 Å². The van der Waals surface area contributed by atoms with E-state index in [0.717, 1.165) is 16.0 Å². The second-order valence-corrected chi connectivity index (χ2v) is 10.1. The predicted octanol–water partition coefficient (Wildman–Crippen LogP) is 6.29. The van der Waals surface area contributed by atoms with Crippen molar-refractivity contribution in [2.24, 2.45) is 5.92 Å². The van der Waals surface area contributed by atoms with Crippen molar-refractivity contribution in [1.29, 1.82) is 0 Å². The molecule has 1 aromatic heterocycles. The highest BCUT2D eigenvalue weighted by Crippen LogP contribution is 2.45. The van der Waals surface area contributed by atoms with Gasteiger partial charge in [0.1, 0.15) is 5.75 Å². The molecule has 0 unspecified atom stereocenters. The number of aryl methyl sites for hydroxylation is 1. The van der Waals surface area contributed by atoms with Crippen LogP contribution < -0.4 is 10.1 Å². The van der Waals surface area contributed by atoms with Crippen LogP contribution in [0.25, 0.3) is 0 Å². The number of methoxy groups -OCH3 is 1. The molecule has 1 N–H and O–H groups in total. The Bertz CT molecular complexity index is 1180. The first kappa shape index (κ1) is 23.3. The van der Waals surface area contributed by atoms with Gasteiger partial charge in [-0.05, 0) is 47.5 Å². The van der Waals surface area contributed by atoms with Gasteiger partial charge in [-0.15, -0.1) is 11.3 Å². The number of carbonyl (C=O) groups is 2. The summed E-state index contributed by atoms with van der Waals surface area (Å²) < 4.78 is 5.47. The van der Waals surface area contributed by atoms with E-state index in [9.17, 15) is 9.59 Å². The lowest BCUT2D eigenvalue weighted by molar-refractivity contribution is -0.119. The molecule has 0 radical (unpaired) electrons. The Morgan fingerprint density at radius 2 is 1.97 bits per heavy atom. The number of anilines is 1. The molecule has 2 aromatic carbocycles. The number of benzene rings is 2. The third-order valence-corrected chi connectivity index (χ3v) is 7.21. The molecular weight excluding hydrogens is 456 g/mol. The van der Waals surface area contributed by atoms with Crippen molar-refractivity contribution in [3.05, 3.63) is 80.5 Å². The average Bonchev–Trinajstić information content (AvgIpc) is 3.32. The van der Waals surface area contributed by atoms with Gasteiger partial charge in [-0.1, -0.05) is 49.7 Å². The molecule has 33 heavy (non-hydrogen) atoms. The molecule has 3 aromatic rings. The SMILES string of the molecule is COc1cc(Cl)c(C)cc1NC(=O)[C@H]1c2ccccc2C(=O)N(CC(C)C)[C@@H]1c1cccs1. The number of rotatable bonds is 6. The lowest BCUT2D eigenvalue weighted by Gasteiger charge is -2.42. The Labute approximate surface area is 203 Å². The highest BCUT2D eigenvalue weighted by Gasteiger charge is 2.44. The number of nitrogens with one attached hydrogen (secondary N) is 1. The molecule has 5 nitrogen and oxygen atoms in total. The van der Waals surface area contributed by atoms with E-state index in [1.54, 1.807) is 24.5 Å². The monoisotopic (exact) mass is 482 g/mol. The van der Waals surface area contributed by atoms with E-state index >= 15 is 0 Å². The molecule has 2 amide bonds. The lowest BCUT2D eigenvalue weighted by atomic mass is 9.81. The average molecular weight is 483 g/mol. The van der Waals surface area contributed by atoms with Crippen LogP contribution in [0.5, 0.6) is 5.75 Å². The third-order valence-electron chi connectivity index (χ3n) is 5.86. The standard InChI is InChI=1S/C26H27ClN2O3S/c1-15(2)14-29-24(22-10-7-11-33-22)23(17-8-5-6-9-18(17)26(29)31)25(30)28-20-12-16(3)19(27)13-21(20)32-4/h5-13,15,23-24H,14H2,1-4H3,(H,28,30)/t23-,24+/m0/s1. The lowest BCUT2D eigenvalue weighted by Crippen LogP contribution is -2.47.